The quantitative estimate of drug-likeness (QED) is 0.777. The van der Waals surface area contributed by atoms with Crippen LogP contribution in [0.5, 0.6) is 0 Å². The van der Waals surface area contributed by atoms with Crippen molar-refractivity contribution in [2.24, 2.45) is 5.92 Å². The fourth-order valence-electron chi connectivity index (χ4n) is 1.58. The molecule has 1 aromatic rings. The van der Waals surface area contributed by atoms with Gasteiger partial charge < -0.3 is 10.6 Å². The Bertz CT molecular complexity index is 361. The second kappa shape index (κ2) is 7.19. The van der Waals surface area contributed by atoms with Gasteiger partial charge in [-0.2, -0.15) is 0 Å². The Balaban J connectivity index is 2.75. The number of nitrogens with zero attached hydrogens (tertiary/aromatic N) is 2. The van der Waals surface area contributed by atoms with Crippen molar-refractivity contribution in [2.45, 2.75) is 47.0 Å². The summed E-state index contributed by atoms with van der Waals surface area (Å²) < 4.78 is 0. The van der Waals surface area contributed by atoms with E-state index in [0.29, 0.717) is 11.8 Å². The molecular formula is C14H26N4. The third-order valence-corrected chi connectivity index (χ3v) is 2.65. The summed E-state index contributed by atoms with van der Waals surface area (Å²) >= 11 is 0. The minimum atomic E-state index is 0.342. The van der Waals surface area contributed by atoms with E-state index in [1.54, 1.807) is 0 Å². The molecule has 0 amide bonds. The zero-order chi connectivity index (χ0) is 13.5. The molecule has 4 nitrogen and oxygen atoms in total. The highest BCUT2D eigenvalue weighted by molar-refractivity contribution is 5.47. The van der Waals surface area contributed by atoms with Crippen molar-refractivity contribution in [1.29, 1.82) is 0 Å². The van der Waals surface area contributed by atoms with E-state index in [4.69, 9.17) is 0 Å². The van der Waals surface area contributed by atoms with E-state index >= 15 is 0 Å². The second-order valence-corrected chi connectivity index (χ2v) is 5.29. The van der Waals surface area contributed by atoms with Crippen LogP contribution in [-0.4, -0.2) is 23.1 Å². The summed E-state index contributed by atoms with van der Waals surface area (Å²) in [6.07, 6.45) is 1.15. The molecule has 0 unspecified atom stereocenters. The predicted octanol–water partition coefficient (Wildman–Crippen LogP) is 3.49. The second-order valence-electron chi connectivity index (χ2n) is 5.29. The Labute approximate surface area is 111 Å². The van der Waals surface area contributed by atoms with Gasteiger partial charge in [0.15, 0.2) is 0 Å². The van der Waals surface area contributed by atoms with Crippen molar-refractivity contribution in [3.63, 3.8) is 0 Å². The molecule has 0 atom stereocenters. The first-order valence-corrected chi connectivity index (χ1v) is 6.89. The van der Waals surface area contributed by atoms with Gasteiger partial charge in [0, 0.05) is 25.1 Å². The minimum absolute atomic E-state index is 0.342. The van der Waals surface area contributed by atoms with Crippen LogP contribution in [0.2, 0.25) is 0 Å². The standard InChI is InChI=1S/C14H26N4/c1-6-15-12-9-13(16-8-7-10(2)3)18-14(17-12)11(4)5/h9-11H,6-8H2,1-5H3,(H2,15,16,17,18). The van der Waals surface area contributed by atoms with Crippen molar-refractivity contribution >= 4 is 11.6 Å². The topological polar surface area (TPSA) is 49.8 Å². The fraction of sp³-hybridized carbons (Fsp3) is 0.714. The van der Waals surface area contributed by atoms with Gasteiger partial charge in [-0.1, -0.05) is 27.7 Å². The van der Waals surface area contributed by atoms with Crippen LogP contribution >= 0.6 is 0 Å². The van der Waals surface area contributed by atoms with Crippen LogP contribution in [0.1, 0.15) is 52.8 Å². The lowest BCUT2D eigenvalue weighted by Gasteiger charge is -2.12. The van der Waals surface area contributed by atoms with E-state index in [2.05, 4.69) is 55.2 Å². The summed E-state index contributed by atoms with van der Waals surface area (Å²) in [5.74, 6) is 3.76. The van der Waals surface area contributed by atoms with Gasteiger partial charge in [0.25, 0.3) is 0 Å². The SMILES string of the molecule is CCNc1cc(NCCC(C)C)nc(C(C)C)n1. The summed E-state index contributed by atoms with van der Waals surface area (Å²) in [6.45, 7) is 12.6. The van der Waals surface area contributed by atoms with Crippen molar-refractivity contribution in [2.75, 3.05) is 23.7 Å². The van der Waals surface area contributed by atoms with Crippen molar-refractivity contribution in [3.05, 3.63) is 11.9 Å². The Kier molecular flexibility index (Phi) is 5.89. The molecule has 0 aliphatic heterocycles. The average Bonchev–Trinajstić information content (AvgIpc) is 2.28. The Hall–Kier alpha value is -1.32. The lowest BCUT2D eigenvalue weighted by Crippen LogP contribution is -2.10. The van der Waals surface area contributed by atoms with Crippen molar-refractivity contribution in [1.82, 2.24) is 9.97 Å². The van der Waals surface area contributed by atoms with Gasteiger partial charge >= 0.3 is 0 Å². The monoisotopic (exact) mass is 250 g/mol. The summed E-state index contributed by atoms with van der Waals surface area (Å²) in [6, 6.07) is 1.98. The summed E-state index contributed by atoms with van der Waals surface area (Å²) in [5.41, 5.74) is 0. The maximum absolute atomic E-state index is 4.55. The zero-order valence-electron chi connectivity index (χ0n) is 12.2. The first-order chi connectivity index (χ1) is 8.52. The molecule has 0 bridgehead atoms. The number of hydrogen-bond donors (Lipinski definition) is 2. The van der Waals surface area contributed by atoms with Crippen LogP contribution in [0, 0.1) is 5.92 Å². The molecule has 0 aromatic carbocycles. The van der Waals surface area contributed by atoms with Gasteiger partial charge in [-0.25, -0.2) is 9.97 Å². The summed E-state index contributed by atoms with van der Waals surface area (Å²) in [5, 5.41) is 6.63. The highest BCUT2D eigenvalue weighted by Gasteiger charge is 2.07. The largest absolute Gasteiger partial charge is 0.370 e. The number of rotatable bonds is 7. The molecule has 2 N–H and O–H groups in total. The van der Waals surface area contributed by atoms with Crippen LogP contribution in [-0.2, 0) is 0 Å². The van der Waals surface area contributed by atoms with Crippen LogP contribution in [0.3, 0.4) is 0 Å². The predicted molar refractivity (Wildman–Crippen MR) is 78.2 cm³/mol. The molecule has 0 radical (unpaired) electrons. The van der Waals surface area contributed by atoms with Gasteiger partial charge in [0.1, 0.15) is 17.5 Å². The van der Waals surface area contributed by atoms with Crippen LogP contribution in [0.15, 0.2) is 6.07 Å². The summed E-state index contributed by atoms with van der Waals surface area (Å²) in [4.78, 5) is 9.05. The molecular weight excluding hydrogens is 224 g/mol. The lowest BCUT2D eigenvalue weighted by atomic mass is 10.1. The molecule has 0 fully saturated rings. The molecule has 0 saturated carbocycles. The van der Waals surface area contributed by atoms with Crippen LogP contribution in [0.25, 0.3) is 0 Å². The molecule has 0 spiro atoms. The van der Waals surface area contributed by atoms with E-state index in [9.17, 15) is 0 Å². The molecule has 18 heavy (non-hydrogen) atoms. The third-order valence-electron chi connectivity index (χ3n) is 2.65. The minimum Gasteiger partial charge on any atom is -0.370 e. The normalized spacial score (nSPS) is 11.1. The molecule has 4 heteroatoms. The average molecular weight is 250 g/mol. The van der Waals surface area contributed by atoms with E-state index in [0.717, 1.165) is 37.0 Å². The Morgan fingerprint density at radius 1 is 1.06 bits per heavy atom. The van der Waals surface area contributed by atoms with E-state index in [1.165, 1.54) is 0 Å². The molecule has 1 rings (SSSR count). The summed E-state index contributed by atoms with van der Waals surface area (Å²) in [7, 11) is 0. The van der Waals surface area contributed by atoms with Gasteiger partial charge in [-0.15, -0.1) is 0 Å². The molecule has 102 valence electrons. The maximum Gasteiger partial charge on any atom is 0.135 e. The van der Waals surface area contributed by atoms with Gasteiger partial charge in [0.05, 0.1) is 0 Å². The van der Waals surface area contributed by atoms with Crippen LogP contribution < -0.4 is 10.6 Å². The van der Waals surface area contributed by atoms with Crippen molar-refractivity contribution in [3.8, 4) is 0 Å². The number of hydrogen-bond acceptors (Lipinski definition) is 4. The van der Waals surface area contributed by atoms with Gasteiger partial charge in [-0.3, -0.25) is 0 Å². The molecule has 0 saturated heterocycles. The third kappa shape index (κ3) is 4.90. The molecule has 1 heterocycles. The van der Waals surface area contributed by atoms with E-state index in [-0.39, 0.29) is 0 Å². The number of anilines is 2. The van der Waals surface area contributed by atoms with E-state index in [1.807, 2.05) is 6.07 Å². The molecule has 0 aliphatic carbocycles. The molecule has 1 aromatic heterocycles. The highest BCUT2D eigenvalue weighted by Crippen LogP contribution is 2.17. The number of aromatic nitrogens is 2. The lowest BCUT2D eigenvalue weighted by molar-refractivity contribution is 0.606. The zero-order valence-corrected chi connectivity index (χ0v) is 12.2. The van der Waals surface area contributed by atoms with Crippen LogP contribution in [0.4, 0.5) is 11.6 Å². The maximum atomic E-state index is 4.55. The number of nitrogens with one attached hydrogen (secondary N) is 2. The van der Waals surface area contributed by atoms with E-state index < -0.39 is 0 Å². The first-order valence-electron chi connectivity index (χ1n) is 6.89. The molecule has 0 aliphatic rings. The Morgan fingerprint density at radius 3 is 2.17 bits per heavy atom. The van der Waals surface area contributed by atoms with Crippen molar-refractivity contribution < 1.29 is 0 Å². The highest BCUT2D eigenvalue weighted by atomic mass is 15.1. The first kappa shape index (κ1) is 14.7. The Morgan fingerprint density at radius 2 is 1.67 bits per heavy atom. The fourth-order valence-corrected chi connectivity index (χ4v) is 1.58. The van der Waals surface area contributed by atoms with Gasteiger partial charge in [0.2, 0.25) is 0 Å². The smallest absolute Gasteiger partial charge is 0.135 e. The van der Waals surface area contributed by atoms with Gasteiger partial charge in [-0.05, 0) is 19.3 Å².